The van der Waals surface area contributed by atoms with E-state index >= 15 is 0 Å². The van der Waals surface area contributed by atoms with Crippen LogP contribution in [0.4, 0.5) is 0 Å². The molecule has 2 saturated carbocycles. The smallest absolute Gasteiger partial charge is 0.268 e. The van der Waals surface area contributed by atoms with Crippen LogP contribution >= 0.6 is 11.6 Å². The highest BCUT2D eigenvalue weighted by Crippen LogP contribution is 2.65. The molecule has 0 radical (unpaired) electrons. The highest BCUT2D eigenvalue weighted by molar-refractivity contribution is 6.28. The van der Waals surface area contributed by atoms with Gasteiger partial charge in [-0.05, 0) is 67.4 Å². The lowest BCUT2D eigenvalue weighted by Gasteiger charge is -2.37. The third kappa shape index (κ3) is 6.22. The van der Waals surface area contributed by atoms with Crippen molar-refractivity contribution in [3.8, 4) is 0 Å². The van der Waals surface area contributed by atoms with Crippen LogP contribution in [0.25, 0.3) is 10.9 Å². The number of ketones is 1. The number of H-pyrrole nitrogens is 1. The molecule has 4 N–H and O–H groups in total. The Morgan fingerprint density at radius 1 is 1.04 bits per heavy atom. The monoisotopic (exact) mass is 637 g/mol. The molecule has 1 unspecified atom stereocenters. The normalized spacial score (nSPS) is 27.3. The minimum atomic E-state index is -0.919. The lowest BCUT2D eigenvalue weighted by Crippen LogP contribution is -2.59. The van der Waals surface area contributed by atoms with Gasteiger partial charge in [0.15, 0.2) is 5.78 Å². The van der Waals surface area contributed by atoms with Crippen molar-refractivity contribution in [1.29, 1.82) is 0 Å². The van der Waals surface area contributed by atoms with Crippen LogP contribution in [0.15, 0.2) is 30.3 Å². The Hall–Kier alpha value is -3.40. The van der Waals surface area contributed by atoms with E-state index < -0.39 is 30.0 Å². The van der Waals surface area contributed by atoms with E-state index in [2.05, 4.69) is 34.8 Å². The number of carbonyl (C=O) groups is 5. The molecule has 4 aliphatic rings. The molecule has 1 aromatic heterocycles. The quantitative estimate of drug-likeness (QED) is 0.295. The van der Waals surface area contributed by atoms with Crippen molar-refractivity contribution in [2.75, 3.05) is 19.0 Å². The zero-order chi connectivity index (χ0) is 31.9. The Morgan fingerprint density at radius 2 is 1.80 bits per heavy atom. The summed E-state index contributed by atoms with van der Waals surface area (Å²) in [5, 5.41) is 9.74. The van der Waals surface area contributed by atoms with Gasteiger partial charge < -0.3 is 25.8 Å². The molecule has 2 saturated heterocycles. The molecule has 0 bridgehead atoms. The number of hydrogen-bond donors (Lipinski definition) is 4. The van der Waals surface area contributed by atoms with E-state index in [9.17, 15) is 24.0 Å². The number of para-hydroxylation sites is 1. The van der Waals surface area contributed by atoms with Gasteiger partial charge in [-0.2, -0.15) is 0 Å². The number of piperidine rings is 2. The summed E-state index contributed by atoms with van der Waals surface area (Å²) >= 11 is 5.95. The highest BCUT2D eigenvalue weighted by atomic mass is 35.5. The largest absolute Gasteiger partial charge is 0.356 e. The van der Waals surface area contributed by atoms with Crippen LogP contribution in [0.1, 0.15) is 75.7 Å². The number of halogens is 1. The van der Waals surface area contributed by atoms with Gasteiger partial charge in [-0.1, -0.05) is 51.3 Å². The fraction of sp³-hybridized carbons (Fsp3) is 0.618. The van der Waals surface area contributed by atoms with Crippen LogP contribution in [0, 0.1) is 29.1 Å². The maximum Gasteiger partial charge on any atom is 0.268 e. The second kappa shape index (κ2) is 12.8. The van der Waals surface area contributed by atoms with Crippen LogP contribution in [0.2, 0.25) is 0 Å². The summed E-state index contributed by atoms with van der Waals surface area (Å²) in [5.41, 5.74) is 1.09. The van der Waals surface area contributed by atoms with E-state index in [1.807, 2.05) is 24.3 Å². The molecule has 3 heterocycles. The van der Waals surface area contributed by atoms with Crippen molar-refractivity contribution >= 4 is 51.9 Å². The van der Waals surface area contributed by atoms with Crippen molar-refractivity contribution in [1.82, 2.24) is 25.8 Å². The van der Waals surface area contributed by atoms with Crippen LogP contribution in [-0.4, -0.2) is 76.4 Å². The number of amides is 4. The Kier molecular flexibility index (Phi) is 8.96. The molecule has 2 aliphatic carbocycles. The number of likely N-dealkylation sites (tertiary alicyclic amines) is 1. The van der Waals surface area contributed by atoms with E-state index in [1.165, 1.54) is 0 Å². The van der Waals surface area contributed by atoms with Crippen molar-refractivity contribution in [2.24, 2.45) is 29.1 Å². The highest BCUT2D eigenvalue weighted by Gasteiger charge is 2.69. The first kappa shape index (κ1) is 31.6. The maximum atomic E-state index is 14.5. The Morgan fingerprint density at radius 3 is 2.51 bits per heavy atom. The number of aromatic amines is 1. The first-order valence-electron chi connectivity index (χ1n) is 16.5. The van der Waals surface area contributed by atoms with Crippen LogP contribution in [0.5, 0.6) is 0 Å². The number of benzene rings is 1. The third-order valence-corrected chi connectivity index (χ3v) is 11.2. The number of aromatic nitrogens is 1. The SMILES string of the molecule is CC1(C)[C@@H]2[C@@H](C(=O)N[C@@H](C[C@@H]3CCCNC3=O)C(=O)CCl)N(C(=O)C(NC(=O)c3cc4ccccc4[nH]3)C3CCCCC3)C[C@@H]21. The zero-order valence-electron chi connectivity index (χ0n) is 26.1. The topological polar surface area (TPSA) is 140 Å². The molecule has 6 rings (SSSR count). The second-order valence-corrected chi connectivity index (χ2v) is 14.3. The number of carbonyl (C=O) groups excluding carboxylic acids is 5. The number of nitrogens with zero attached hydrogens (tertiary/aromatic N) is 1. The summed E-state index contributed by atoms with van der Waals surface area (Å²) in [6.45, 7) is 5.23. The number of alkyl halides is 1. The molecule has 10 nitrogen and oxygen atoms in total. The number of nitrogens with one attached hydrogen (secondary N) is 4. The first-order chi connectivity index (χ1) is 21.6. The van der Waals surface area contributed by atoms with Gasteiger partial charge in [0, 0.05) is 29.9 Å². The summed E-state index contributed by atoms with van der Waals surface area (Å²) in [5.74, 6) is -2.11. The van der Waals surface area contributed by atoms with Crippen molar-refractivity contribution < 1.29 is 24.0 Å². The Balaban J connectivity index is 1.24. The summed E-state index contributed by atoms with van der Waals surface area (Å²) in [4.78, 5) is 72.3. The molecule has 11 heteroatoms. The molecule has 4 fully saturated rings. The van der Waals surface area contributed by atoms with E-state index in [0.29, 0.717) is 25.2 Å². The number of Topliss-reactive ketones (excluding diaryl/α,β-unsaturated/α-hetero) is 1. The predicted molar refractivity (Wildman–Crippen MR) is 170 cm³/mol. The molecule has 242 valence electrons. The van der Waals surface area contributed by atoms with E-state index in [4.69, 9.17) is 11.6 Å². The molecule has 6 atom stereocenters. The molecule has 2 aliphatic heterocycles. The standard InChI is InChI=1S/C34H44ClN5O5/c1-34(2)22-18-40(29(27(22)34)32(44)38-24(26(41)17-35)16-21-12-8-14-36-30(21)42)33(45)28(19-9-4-3-5-10-19)39-31(43)25-15-20-11-6-7-13-23(20)37-25/h6-7,11,13,15,19,21-22,24,27-29,37H,3-5,8-10,12,14,16-18H2,1-2H3,(H,36,42)(H,38,44)(H,39,43)/t21-,22-,24-,27-,28?,29-/m0/s1. The maximum absolute atomic E-state index is 14.5. The summed E-state index contributed by atoms with van der Waals surface area (Å²) in [6, 6.07) is 6.96. The summed E-state index contributed by atoms with van der Waals surface area (Å²) in [7, 11) is 0. The van der Waals surface area contributed by atoms with Gasteiger partial charge in [0.1, 0.15) is 17.8 Å². The van der Waals surface area contributed by atoms with Gasteiger partial charge in [0.2, 0.25) is 17.7 Å². The molecule has 4 amide bonds. The zero-order valence-corrected chi connectivity index (χ0v) is 26.8. The molecular formula is C34H44ClN5O5. The van der Waals surface area contributed by atoms with Crippen LogP contribution < -0.4 is 16.0 Å². The average molecular weight is 638 g/mol. The Bertz CT molecular complexity index is 1450. The van der Waals surface area contributed by atoms with Gasteiger partial charge in [0.25, 0.3) is 5.91 Å². The first-order valence-corrected chi connectivity index (χ1v) is 17.0. The van der Waals surface area contributed by atoms with Crippen LogP contribution in [-0.2, 0) is 19.2 Å². The van der Waals surface area contributed by atoms with Crippen molar-refractivity contribution in [3.63, 3.8) is 0 Å². The van der Waals surface area contributed by atoms with Crippen molar-refractivity contribution in [2.45, 2.75) is 83.3 Å². The fourth-order valence-corrected chi connectivity index (χ4v) is 8.41. The van der Waals surface area contributed by atoms with Gasteiger partial charge in [-0.15, -0.1) is 11.6 Å². The number of rotatable bonds is 10. The molecule has 1 aromatic carbocycles. The molecule has 45 heavy (non-hydrogen) atoms. The van der Waals surface area contributed by atoms with E-state index in [0.717, 1.165) is 49.4 Å². The lowest BCUT2D eigenvalue weighted by atomic mass is 9.83. The minimum Gasteiger partial charge on any atom is -0.356 e. The summed E-state index contributed by atoms with van der Waals surface area (Å²) < 4.78 is 0. The van der Waals surface area contributed by atoms with Gasteiger partial charge in [0.05, 0.1) is 11.9 Å². The lowest BCUT2D eigenvalue weighted by molar-refractivity contribution is -0.143. The van der Waals surface area contributed by atoms with Gasteiger partial charge in [-0.25, -0.2) is 0 Å². The summed E-state index contributed by atoms with van der Waals surface area (Å²) in [6.07, 6.45) is 6.32. The second-order valence-electron chi connectivity index (χ2n) is 14.0. The fourth-order valence-electron chi connectivity index (χ4n) is 8.22. The molecular weight excluding hydrogens is 594 g/mol. The van der Waals surface area contributed by atoms with Gasteiger partial charge in [-0.3, -0.25) is 24.0 Å². The van der Waals surface area contributed by atoms with Crippen molar-refractivity contribution in [3.05, 3.63) is 36.0 Å². The third-order valence-electron chi connectivity index (χ3n) is 11.0. The van der Waals surface area contributed by atoms with E-state index in [1.54, 1.807) is 11.0 Å². The minimum absolute atomic E-state index is 0.0383. The number of fused-ring (bicyclic) bond motifs is 2. The average Bonchev–Trinajstić information content (AvgIpc) is 3.41. The number of hydrogen-bond acceptors (Lipinski definition) is 5. The molecule has 2 aromatic rings. The predicted octanol–water partition coefficient (Wildman–Crippen LogP) is 3.54. The van der Waals surface area contributed by atoms with Gasteiger partial charge >= 0.3 is 0 Å². The molecule has 0 spiro atoms. The van der Waals surface area contributed by atoms with E-state index in [-0.39, 0.29) is 59.0 Å². The van der Waals surface area contributed by atoms with Crippen LogP contribution in [0.3, 0.4) is 0 Å². The Labute approximate surface area is 268 Å².